The summed E-state index contributed by atoms with van der Waals surface area (Å²) in [7, 11) is 1.62. The first-order valence-corrected chi connectivity index (χ1v) is 8.62. The zero-order chi connectivity index (χ0) is 16.7. The van der Waals surface area contributed by atoms with E-state index in [0.717, 1.165) is 15.8 Å². The number of rotatable bonds is 8. The fourth-order valence-corrected chi connectivity index (χ4v) is 3.59. The summed E-state index contributed by atoms with van der Waals surface area (Å²) in [6.07, 6.45) is 1.65. The van der Waals surface area contributed by atoms with Gasteiger partial charge >= 0.3 is 0 Å². The molecule has 1 unspecified atom stereocenters. The number of nitrogens with one attached hydrogen (secondary N) is 2. The maximum Gasteiger partial charge on any atom is 0.233 e. The lowest BCUT2D eigenvalue weighted by atomic mass is 10.3. The zero-order valence-electron chi connectivity index (χ0n) is 12.9. The maximum absolute atomic E-state index is 11.8. The molecule has 1 amide bonds. The van der Waals surface area contributed by atoms with Crippen molar-refractivity contribution in [1.29, 1.82) is 0 Å². The molecule has 1 atom stereocenters. The lowest BCUT2D eigenvalue weighted by Gasteiger charge is -2.08. The van der Waals surface area contributed by atoms with Crippen LogP contribution in [0, 0.1) is 0 Å². The van der Waals surface area contributed by atoms with Gasteiger partial charge in [0.15, 0.2) is 4.34 Å². The Morgan fingerprint density at radius 3 is 3.09 bits per heavy atom. The largest absolute Gasteiger partial charge is 0.497 e. The van der Waals surface area contributed by atoms with E-state index in [-0.39, 0.29) is 11.2 Å². The van der Waals surface area contributed by atoms with Crippen LogP contribution < -0.4 is 15.4 Å². The summed E-state index contributed by atoms with van der Waals surface area (Å²) in [5, 5.41) is 14.5. The molecule has 6 nitrogen and oxygen atoms in total. The summed E-state index contributed by atoms with van der Waals surface area (Å²) in [4.78, 5) is 11.8. The number of ether oxygens (including phenoxy) is 1. The summed E-state index contributed by atoms with van der Waals surface area (Å²) < 4.78 is 5.91. The van der Waals surface area contributed by atoms with Gasteiger partial charge in [-0.2, -0.15) is 0 Å². The fourth-order valence-electron chi connectivity index (χ4n) is 1.65. The van der Waals surface area contributed by atoms with Crippen LogP contribution in [-0.2, 0) is 4.79 Å². The first-order valence-electron chi connectivity index (χ1n) is 6.92. The minimum absolute atomic E-state index is 0.0487. The number of thioether (sulfide) groups is 1. The van der Waals surface area contributed by atoms with Gasteiger partial charge in [-0.05, 0) is 19.1 Å². The van der Waals surface area contributed by atoms with Crippen LogP contribution in [0.25, 0.3) is 0 Å². The molecule has 2 aromatic rings. The molecule has 0 saturated heterocycles. The molecule has 1 heterocycles. The van der Waals surface area contributed by atoms with Crippen LogP contribution in [0.5, 0.6) is 5.75 Å². The molecular weight excluding hydrogens is 332 g/mol. The number of hydrogen-bond donors (Lipinski definition) is 2. The molecule has 0 bridgehead atoms. The molecule has 1 aromatic heterocycles. The van der Waals surface area contributed by atoms with Gasteiger partial charge in [0.1, 0.15) is 5.75 Å². The van der Waals surface area contributed by atoms with Gasteiger partial charge in [-0.3, -0.25) is 4.79 Å². The number of nitrogens with zero attached hydrogens (tertiary/aromatic N) is 2. The van der Waals surface area contributed by atoms with Gasteiger partial charge in [-0.15, -0.1) is 16.8 Å². The Labute approximate surface area is 143 Å². The summed E-state index contributed by atoms with van der Waals surface area (Å²) in [5.41, 5.74) is 0.869. The number of anilines is 2. The highest BCUT2D eigenvalue weighted by Gasteiger charge is 2.16. The standard InChI is InChI=1S/C15H18N4O2S2/c1-4-8-16-13(20)10(2)22-15-19-18-14(23-15)17-11-6-5-7-12(9-11)21-3/h4-7,9-10H,1,8H2,2-3H3,(H,16,20)(H,17,18). The number of hydrogen-bond acceptors (Lipinski definition) is 7. The van der Waals surface area contributed by atoms with Crippen molar-refractivity contribution in [2.45, 2.75) is 16.5 Å². The van der Waals surface area contributed by atoms with E-state index in [9.17, 15) is 4.79 Å². The lowest BCUT2D eigenvalue weighted by molar-refractivity contribution is -0.120. The van der Waals surface area contributed by atoms with E-state index < -0.39 is 0 Å². The Morgan fingerprint density at radius 2 is 2.35 bits per heavy atom. The number of benzene rings is 1. The van der Waals surface area contributed by atoms with E-state index in [1.165, 1.54) is 23.1 Å². The second-order valence-corrected chi connectivity index (χ2v) is 7.09. The minimum Gasteiger partial charge on any atom is -0.497 e. The van der Waals surface area contributed by atoms with Crippen LogP contribution in [0.1, 0.15) is 6.92 Å². The third-order valence-electron chi connectivity index (χ3n) is 2.79. The monoisotopic (exact) mass is 350 g/mol. The van der Waals surface area contributed by atoms with Gasteiger partial charge in [0, 0.05) is 18.3 Å². The minimum atomic E-state index is -0.243. The van der Waals surface area contributed by atoms with Crippen LogP contribution in [-0.4, -0.2) is 35.0 Å². The predicted molar refractivity (Wildman–Crippen MR) is 94.7 cm³/mol. The Morgan fingerprint density at radius 1 is 1.52 bits per heavy atom. The molecule has 0 aliphatic heterocycles. The summed E-state index contributed by atoms with van der Waals surface area (Å²) in [6.45, 7) is 5.87. The normalized spacial score (nSPS) is 11.6. The zero-order valence-corrected chi connectivity index (χ0v) is 14.5. The lowest BCUT2D eigenvalue weighted by Crippen LogP contribution is -2.30. The van der Waals surface area contributed by atoms with Gasteiger partial charge in [0.2, 0.25) is 11.0 Å². The van der Waals surface area contributed by atoms with Crippen molar-refractivity contribution in [2.24, 2.45) is 0 Å². The van der Waals surface area contributed by atoms with Gasteiger partial charge < -0.3 is 15.4 Å². The number of carbonyl (C=O) groups excluding carboxylic acids is 1. The predicted octanol–water partition coefficient (Wildman–Crippen LogP) is 3.07. The van der Waals surface area contributed by atoms with Crippen LogP contribution in [0.3, 0.4) is 0 Å². The average molecular weight is 350 g/mol. The Kier molecular flexibility index (Phi) is 6.42. The number of aromatic nitrogens is 2. The number of methoxy groups -OCH3 is 1. The van der Waals surface area contributed by atoms with Crippen LogP contribution in [0.2, 0.25) is 0 Å². The van der Waals surface area contributed by atoms with E-state index >= 15 is 0 Å². The van der Waals surface area contributed by atoms with Crippen molar-refractivity contribution < 1.29 is 9.53 Å². The first-order chi connectivity index (χ1) is 11.1. The highest BCUT2D eigenvalue weighted by atomic mass is 32.2. The molecule has 0 aliphatic rings. The number of amides is 1. The third kappa shape index (κ3) is 5.26. The molecule has 0 fully saturated rings. The van der Waals surface area contributed by atoms with E-state index in [1.54, 1.807) is 13.2 Å². The SMILES string of the molecule is C=CCNC(=O)C(C)Sc1nnc(Nc2cccc(OC)c2)s1. The second kappa shape index (κ2) is 8.54. The van der Waals surface area contributed by atoms with Crippen LogP contribution in [0.15, 0.2) is 41.3 Å². The van der Waals surface area contributed by atoms with E-state index in [0.29, 0.717) is 11.7 Å². The molecule has 0 radical (unpaired) electrons. The molecule has 1 aromatic carbocycles. The molecule has 2 rings (SSSR count). The van der Waals surface area contributed by atoms with Crippen LogP contribution in [0.4, 0.5) is 10.8 Å². The van der Waals surface area contributed by atoms with E-state index in [4.69, 9.17) is 4.74 Å². The molecule has 0 aliphatic carbocycles. The second-order valence-electron chi connectivity index (χ2n) is 4.52. The van der Waals surface area contributed by atoms with Crippen molar-refractivity contribution in [2.75, 3.05) is 19.0 Å². The summed E-state index contributed by atoms with van der Waals surface area (Å²) >= 11 is 2.77. The quantitative estimate of drug-likeness (QED) is 0.563. The molecule has 0 spiro atoms. The molecular formula is C15H18N4O2S2. The summed E-state index contributed by atoms with van der Waals surface area (Å²) in [6, 6.07) is 7.56. The molecule has 0 saturated carbocycles. The molecule has 122 valence electrons. The Balaban J connectivity index is 1.94. The molecule has 8 heteroatoms. The summed E-state index contributed by atoms with van der Waals surface area (Å²) in [5.74, 6) is 0.717. The van der Waals surface area contributed by atoms with Crippen molar-refractivity contribution in [3.8, 4) is 5.75 Å². The Hall–Kier alpha value is -2.06. The van der Waals surface area contributed by atoms with Gasteiger partial charge in [0.05, 0.1) is 12.4 Å². The van der Waals surface area contributed by atoms with Gasteiger partial charge in [-0.25, -0.2) is 0 Å². The van der Waals surface area contributed by atoms with Crippen molar-refractivity contribution >= 4 is 39.8 Å². The fraction of sp³-hybridized carbons (Fsp3) is 0.267. The van der Waals surface area contributed by atoms with E-state index in [2.05, 4.69) is 27.4 Å². The first kappa shape index (κ1) is 17.3. The van der Waals surface area contributed by atoms with Crippen molar-refractivity contribution in [3.05, 3.63) is 36.9 Å². The topological polar surface area (TPSA) is 76.1 Å². The highest BCUT2D eigenvalue weighted by Crippen LogP contribution is 2.31. The van der Waals surface area contributed by atoms with E-state index in [1.807, 2.05) is 31.2 Å². The highest BCUT2D eigenvalue weighted by molar-refractivity contribution is 8.02. The van der Waals surface area contributed by atoms with Gasteiger partial charge in [-0.1, -0.05) is 35.2 Å². The average Bonchev–Trinajstić information content (AvgIpc) is 2.99. The van der Waals surface area contributed by atoms with Crippen molar-refractivity contribution in [3.63, 3.8) is 0 Å². The molecule has 2 N–H and O–H groups in total. The third-order valence-corrected chi connectivity index (χ3v) is 4.82. The van der Waals surface area contributed by atoms with Crippen molar-refractivity contribution in [1.82, 2.24) is 15.5 Å². The van der Waals surface area contributed by atoms with Gasteiger partial charge in [0.25, 0.3) is 0 Å². The Bertz CT molecular complexity index is 675. The number of carbonyl (C=O) groups is 1. The van der Waals surface area contributed by atoms with Crippen LogP contribution >= 0.6 is 23.1 Å². The maximum atomic E-state index is 11.8. The smallest absolute Gasteiger partial charge is 0.233 e. The molecule has 23 heavy (non-hydrogen) atoms.